The lowest BCUT2D eigenvalue weighted by molar-refractivity contribution is -0.113. The van der Waals surface area contributed by atoms with Crippen LogP contribution in [0, 0.1) is 5.41 Å². The van der Waals surface area contributed by atoms with Gasteiger partial charge in [-0.05, 0) is 45.8 Å². The third-order valence-electron chi connectivity index (χ3n) is 3.06. The van der Waals surface area contributed by atoms with Gasteiger partial charge in [0.1, 0.15) is 6.29 Å². The Balaban J connectivity index is 4.81. The minimum Gasteiger partial charge on any atom is -0.302 e. The molecule has 94 valence electrons. The van der Waals surface area contributed by atoms with Crippen molar-refractivity contribution in [3.05, 3.63) is 35.6 Å². The van der Waals surface area contributed by atoms with Gasteiger partial charge in [-0.2, -0.15) is 0 Å². The highest BCUT2D eigenvalue weighted by molar-refractivity contribution is 5.64. The van der Waals surface area contributed by atoms with Gasteiger partial charge in [-0.25, -0.2) is 0 Å². The Labute approximate surface area is 105 Å². The molecule has 0 aromatic heterocycles. The summed E-state index contributed by atoms with van der Waals surface area (Å²) in [6.45, 7) is 9.87. The lowest BCUT2D eigenvalue weighted by Crippen LogP contribution is -2.18. The van der Waals surface area contributed by atoms with E-state index in [-0.39, 0.29) is 5.41 Å². The highest BCUT2D eigenvalue weighted by Gasteiger charge is 2.22. The first-order valence-electron chi connectivity index (χ1n) is 5.96. The summed E-state index contributed by atoms with van der Waals surface area (Å²) in [5.41, 5.74) is 1.85. The summed E-state index contributed by atoms with van der Waals surface area (Å²) in [5, 5.41) is 0. The van der Waals surface area contributed by atoms with E-state index in [4.69, 9.17) is 0 Å². The molecule has 0 amide bonds. The second kappa shape index (κ2) is 7.77. The molecule has 0 saturated carbocycles. The van der Waals surface area contributed by atoms with E-state index in [9.17, 15) is 4.79 Å². The molecule has 0 aliphatic heterocycles. The Bertz CT molecular complexity index is 361. The van der Waals surface area contributed by atoms with Crippen LogP contribution in [-0.2, 0) is 4.79 Å². The molecule has 1 unspecified atom stereocenters. The van der Waals surface area contributed by atoms with E-state index in [1.54, 1.807) is 12.4 Å². The number of hydrogen-bond donors (Lipinski definition) is 0. The highest BCUT2D eigenvalue weighted by atomic mass is 16.1. The lowest BCUT2D eigenvalue weighted by Gasteiger charge is -2.21. The summed E-state index contributed by atoms with van der Waals surface area (Å²) in [6, 6.07) is 0. The van der Waals surface area contributed by atoms with Gasteiger partial charge < -0.3 is 4.79 Å². The van der Waals surface area contributed by atoms with Crippen LogP contribution in [0.15, 0.2) is 40.6 Å². The second-order valence-electron chi connectivity index (χ2n) is 4.37. The largest absolute Gasteiger partial charge is 0.302 e. The fourth-order valence-electron chi connectivity index (χ4n) is 1.20. The minimum atomic E-state index is -0.345. The van der Waals surface area contributed by atoms with Crippen molar-refractivity contribution in [3.63, 3.8) is 0 Å². The molecule has 0 bridgehead atoms. The Hall–Kier alpha value is -1.44. The van der Waals surface area contributed by atoms with Crippen LogP contribution in [-0.4, -0.2) is 12.5 Å². The van der Waals surface area contributed by atoms with E-state index >= 15 is 0 Å². The van der Waals surface area contributed by atoms with Gasteiger partial charge >= 0.3 is 0 Å². The van der Waals surface area contributed by atoms with Gasteiger partial charge in [0.15, 0.2) is 0 Å². The molecule has 0 heterocycles. The highest BCUT2D eigenvalue weighted by Crippen LogP contribution is 2.27. The lowest BCUT2D eigenvalue weighted by atomic mass is 9.81. The first-order chi connectivity index (χ1) is 8.00. The monoisotopic (exact) mass is 233 g/mol. The topological polar surface area (TPSA) is 29.4 Å². The van der Waals surface area contributed by atoms with Crippen LogP contribution in [0.4, 0.5) is 0 Å². The van der Waals surface area contributed by atoms with Crippen molar-refractivity contribution in [2.75, 3.05) is 0 Å². The Morgan fingerprint density at radius 2 is 1.94 bits per heavy atom. The molecule has 0 radical (unpaired) electrons. The molecule has 0 rings (SSSR count). The number of nitrogens with zero attached hydrogens (tertiary/aromatic N) is 1. The quantitative estimate of drug-likeness (QED) is 0.386. The molecule has 0 aromatic rings. The molecule has 2 nitrogen and oxygen atoms in total. The minimum absolute atomic E-state index is 0.345. The van der Waals surface area contributed by atoms with Crippen LogP contribution < -0.4 is 0 Å². The Morgan fingerprint density at radius 1 is 1.29 bits per heavy atom. The SMILES string of the molecule is CC=N/C=C/C(C)=C\C=C(/C)C(C)(C=O)CC. The van der Waals surface area contributed by atoms with Crippen LogP contribution >= 0.6 is 0 Å². The molecular formula is C15H23NO. The zero-order valence-corrected chi connectivity index (χ0v) is 11.5. The van der Waals surface area contributed by atoms with Crippen LogP contribution in [0.25, 0.3) is 0 Å². The average molecular weight is 233 g/mol. The summed E-state index contributed by atoms with van der Waals surface area (Å²) < 4.78 is 0. The summed E-state index contributed by atoms with van der Waals surface area (Å²) >= 11 is 0. The zero-order valence-electron chi connectivity index (χ0n) is 11.5. The van der Waals surface area contributed by atoms with E-state index < -0.39 is 0 Å². The van der Waals surface area contributed by atoms with Crippen LogP contribution in [0.3, 0.4) is 0 Å². The first-order valence-corrected chi connectivity index (χ1v) is 5.96. The number of rotatable bonds is 6. The molecular weight excluding hydrogens is 210 g/mol. The number of carbonyl (C=O) groups is 1. The van der Waals surface area contributed by atoms with Gasteiger partial charge in [-0.3, -0.25) is 4.99 Å². The molecule has 2 heteroatoms. The summed E-state index contributed by atoms with van der Waals surface area (Å²) in [4.78, 5) is 15.1. The summed E-state index contributed by atoms with van der Waals surface area (Å²) in [7, 11) is 0. The maximum absolute atomic E-state index is 11.1. The van der Waals surface area contributed by atoms with E-state index in [1.807, 2.05) is 52.8 Å². The molecule has 0 N–H and O–H groups in total. The third kappa shape index (κ3) is 5.43. The molecule has 0 fully saturated rings. The van der Waals surface area contributed by atoms with Crippen molar-refractivity contribution in [1.82, 2.24) is 0 Å². The van der Waals surface area contributed by atoms with Gasteiger partial charge in [0.25, 0.3) is 0 Å². The van der Waals surface area contributed by atoms with Gasteiger partial charge in [0.2, 0.25) is 0 Å². The van der Waals surface area contributed by atoms with Crippen LogP contribution in [0.1, 0.15) is 41.0 Å². The first kappa shape index (κ1) is 15.6. The van der Waals surface area contributed by atoms with E-state index in [0.717, 1.165) is 23.9 Å². The van der Waals surface area contributed by atoms with Crippen LogP contribution in [0.5, 0.6) is 0 Å². The summed E-state index contributed by atoms with van der Waals surface area (Å²) in [5.74, 6) is 0. The van der Waals surface area contributed by atoms with Gasteiger partial charge in [-0.15, -0.1) is 0 Å². The number of aliphatic imine (C=N–C) groups is 1. The van der Waals surface area contributed by atoms with Crippen molar-refractivity contribution in [2.45, 2.75) is 41.0 Å². The maximum Gasteiger partial charge on any atom is 0.129 e. The van der Waals surface area contributed by atoms with Crippen molar-refractivity contribution in [2.24, 2.45) is 10.4 Å². The summed E-state index contributed by atoms with van der Waals surface area (Å²) in [6.07, 6.45) is 11.3. The van der Waals surface area contributed by atoms with Crippen molar-refractivity contribution < 1.29 is 4.79 Å². The zero-order chi connectivity index (χ0) is 13.3. The molecule has 0 aliphatic carbocycles. The maximum atomic E-state index is 11.1. The third-order valence-corrected chi connectivity index (χ3v) is 3.06. The Morgan fingerprint density at radius 3 is 2.41 bits per heavy atom. The normalized spacial score (nSPS) is 17.7. The van der Waals surface area contributed by atoms with Crippen LogP contribution in [0.2, 0.25) is 0 Å². The fourth-order valence-corrected chi connectivity index (χ4v) is 1.20. The van der Waals surface area contributed by atoms with Gasteiger partial charge in [0, 0.05) is 17.8 Å². The van der Waals surface area contributed by atoms with E-state index in [0.29, 0.717) is 0 Å². The standard InChI is InChI=1S/C15H23NO/c1-6-15(5,12-17)14(4)9-8-13(3)10-11-16-7-2/h7-12H,6H2,1-5H3/b11-10+,13-8-,14-9+,16-7?. The molecule has 0 aromatic carbocycles. The average Bonchev–Trinajstić information content (AvgIpc) is 2.35. The van der Waals surface area contributed by atoms with E-state index in [1.165, 1.54) is 0 Å². The van der Waals surface area contributed by atoms with Crippen molar-refractivity contribution >= 4 is 12.5 Å². The molecule has 0 spiro atoms. The number of carbonyl (C=O) groups excluding carboxylic acids is 1. The second-order valence-corrected chi connectivity index (χ2v) is 4.37. The number of hydrogen-bond acceptors (Lipinski definition) is 2. The Kier molecular flexibility index (Phi) is 7.11. The fraction of sp³-hybridized carbons (Fsp3) is 0.467. The van der Waals surface area contributed by atoms with Crippen molar-refractivity contribution in [3.8, 4) is 0 Å². The van der Waals surface area contributed by atoms with E-state index in [2.05, 4.69) is 4.99 Å². The van der Waals surface area contributed by atoms with Crippen molar-refractivity contribution in [1.29, 1.82) is 0 Å². The molecule has 0 saturated heterocycles. The smallest absolute Gasteiger partial charge is 0.129 e. The predicted octanol–water partition coefficient (Wildman–Crippen LogP) is 4.10. The molecule has 0 aliphatic rings. The van der Waals surface area contributed by atoms with Gasteiger partial charge in [-0.1, -0.05) is 24.6 Å². The molecule has 17 heavy (non-hydrogen) atoms. The van der Waals surface area contributed by atoms with Gasteiger partial charge in [0.05, 0.1) is 0 Å². The molecule has 1 atom stereocenters. The number of allylic oxidation sites excluding steroid dienone is 5. The predicted molar refractivity (Wildman–Crippen MR) is 75.3 cm³/mol. The number of aldehydes is 1.